The van der Waals surface area contributed by atoms with Crippen LogP contribution in [0.5, 0.6) is 0 Å². The van der Waals surface area contributed by atoms with E-state index in [2.05, 4.69) is 18.7 Å². The summed E-state index contributed by atoms with van der Waals surface area (Å²) >= 11 is 0. The fraction of sp³-hybridized carbons (Fsp3) is 1.00. The molecule has 0 aliphatic carbocycles. The summed E-state index contributed by atoms with van der Waals surface area (Å²) in [6.07, 6.45) is 2.00. The van der Waals surface area contributed by atoms with Gasteiger partial charge in [-0.1, -0.05) is 13.8 Å². The Kier molecular flexibility index (Phi) is 7.13. The number of hydrogen-bond donors (Lipinski definition) is 1. The Morgan fingerprint density at radius 2 is 2.00 bits per heavy atom. The van der Waals surface area contributed by atoms with E-state index >= 15 is 0 Å². The summed E-state index contributed by atoms with van der Waals surface area (Å²) in [5, 5.41) is 0. The highest BCUT2D eigenvalue weighted by molar-refractivity contribution is 7.90. The predicted molar refractivity (Wildman–Crippen MR) is 64.7 cm³/mol. The van der Waals surface area contributed by atoms with Gasteiger partial charge in [0.1, 0.15) is 9.84 Å². The Balaban J connectivity index is 3.80. The van der Waals surface area contributed by atoms with Gasteiger partial charge in [-0.05, 0) is 32.0 Å². The van der Waals surface area contributed by atoms with Gasteiger partial charge < -0.3 is 10.6 Å². The zero-order valence-electron chi connectivity index (χ0n) is 10.1. The highest BCUT2D eigenvalue weighted by Gasteiger charge is 2.08. The molecule has 0 rings (SSSR count). The van der Waals surface area contributed by atoms with Crippen LogP contribution in [0, 0.1) is 5.92 Å². The summed E-state index contributed by atoms with van der Waals surface area (Å²) in [4.78, 5) is 2.25. The number of hydrogen-bond acceptors (Lipinski definition) is 4. The van der Waals surface area contributed by atoms with Crippen molar-refractivity contribution in [1.82, 2.24) is 4.90 Å². The van der Waals surface area contributed by atoms with Gasteiger partial charge in [0.2, 0.25) is 0 Å². The van der Waals surface area contributed by atoms with Gasteiger partial charge in [0.15, 0.2) is 0 Å². The van der Waals surface area contributed by atoms with Gasteiger partial charge in [0.05, 0.1) is 5.75 Å². The zero-order chi connectivity index (χ0) is 11.9. The van der Waals surface area contributed by atoms with Crippen molar-refractivity contribution in [3.8, 4) is 0 Å². The molecule has 1 unspecified atom stereocenters. The third kappa shape index (κ3) is 8.84. The van der Waals surface area contributed by atoms with E-state index in [1.54, 1.807) is 0 Å². The van der Waals surface area contributed by atoms with E-state index in [-0.39, 0.29) is 5.75 Å². The lowest BCUT2D eigenvalue weighted by Gasteiger charge is -2.23. The SMILES string of the molecule is CCN(CCCS(C)(=O)=O)CC(C)CN. The molecular formula is C10H24N2O2S. The van der Waals surface area contributed by atoms with Crippen molar-refractivity contribution in [1.29, 1.82) is 0 Å². The molecule has 5 heteroatoms. The molecule has 0 spiro atoms. The molecule has 4 nitrogen and oxygen atoms in total. The molecule has 15 heavy (non-hydrogen) atoms. The van der Waals surface area contributed by atoms with E-state index in [0.717, 1.165) is 19.6 Å². The Morgan fingerprint density at radius 3 is 2.40 bits per heavy atom. The Hall–Kier alpha value is -0.130. The van der Waals surface area contributed by atoms with E-state index in [1.165, 1.54) is 6.26 Å². The maximum atomic E-state index is 10.9. The monoisotopic (exact) mass is 236 g/mol. The summed E-state index contributed by atoms with van der Waals surface area (Å²) in [5.74, 6) is 0.753. The first-order valence-corrected chi connectivity index (χ1v) is 7.55. The minimum Gasteiger partial charge on any atom is -0.330 e. The molecule has 92 valence electrons. The number of rotatable bonds is 8. The molecule has 0 aromatic rings. The van der Waals surface area contributed by atoms with Crippen molar-refractivity contribution in [3.63, 3.8) is 0 Å². The average Bonchev–Trinajstić information content (AvgIpc) is 2.14. The molecule has 0 bridgehead atoms. The summed E-state index contributed by atoms with van der Waals surface area (Å²) in [6, 6.07) is 0. The van der Waals surface area contributed by atoms with E-state index < -0.39 is 9.84 Å². The summed E-state index contributed by atoms with van der Waals surface area (Å²) < 4.78 is 21.9. The van der Waals surface area contributed by atoms with E-state index in [1.807, 2.05) is 0 Å². The largest absolute Gasteiger partial charge is 0.330 e. The van der Waals surface area contributed by atoms with Gasteiger partial charge in [-0.2, -0.15) is 0 Å². The lowest BCUT2D eigenvalue weighted by molar-refractivity contribution is 0.252. The molecule has 0 radical (unpaired) electrons. The number of nitrogens with two attached hydrogens (primary N) is 1. The molecule has 0 aliphatic heterocycles. The van der Waals surface area contributed by atoms with Gasteiger partial charge in [-0.15, -0.1) is 0 Å². The predicted octanol–water partition coefficient (Wildman–Crippen LogP) is 0.338. The molecule has 0 aromatic carbocycles. The summed E-state index contributed by atoms with van der Waals surface area (Å²) in [7, 11) is -2.81. The van der Waals surface area contributed by atoms with Crippen molar-refractivity contribution in [2.24, 2.45) is 11.7 Å². The van der Waals surface area contributed by atoms with Crippen molar-refractivity contribution in [2.45, 2.75) is 20.3 Å². The molecular weight excluding hydrogens is 212 g/mol. The topological polar surface area (TPSA) is 63.4 Å². The fourth-order valence-corrected chi connectivity index (χ4v) is 2.10. The minimum atomic E-state index is -2.81. The molecule has 0 aromatic heterocycles. The van der Waals surface area contributed by atoms with E-state index in [9.17, 15) is 8.42 Å². The van der Waals surface area contributed by atoms with E-state index in [4.69, 9.17) is 5.73 Å². The van der Waals surface area contributed by atoms with Crippen LogP contribution in [0.25, 0.3) is 0 Å². The quantitative estimate of drug-likeness (QED) is 0.660. The van der Waals surface area contributed by atoms with Crippen molar-refractivity contribution in [3.05, 3.63) is 0 Å². The number of nitrogens with zero attached hydrogens (tertiary/aromatic N) is 1. The van der Waals surface area contributed by atoms with Crippen LogP contribution in [0.15, 0.2) is 0 Å². The molecule has 0 aliphatic rings. The van der Waals surface area contributed by atoms with Crippen LogP contribution in [0.2, 0.25) is 0 Å². The highest BCUT2D eigenvalue weighted by Crippen LogP contribution is 2.00. The van der Waals surface area contributed by atoms with Gasteiger partial charge >= 0.3 is 0 Å². The van der Waals surface area contributed by atoms with Crippen LogP contribution in [-0.4, -0.2) is 51.5 Å². The van der Waals surface area contributed by atoms with Gasteiger partial charge in [0, 0.05) is 12.8 Å². The lowest BCUT2D eigenvalue weighted by Crippen LogP contribution is -2.33. The third-order valence-electron chi connectivity index (χ3n) is 2.41. The second-order valence-electron chi connectivity index (χ2n) is 4.22. The normalized spacial score (nSPS) is 14.5. The van der Waals surface area contributed by atoms with Crippen molar-refractivity contribution < 1.29 is 8.42 Å². The van der Waals surface area contributed by atoms with Crippen molar-refractivity contribution >= 4 is 9.84 Å². The first kappa shape index (κ1) is 14.9. The lowest BCUT2D eigenvalue weighted by atomic mass is 10.1. The van der Waals surface area contributed by atoms with E-state index in [0.29, 0.717) is 18.9 Å². The number of sulfone groups is 1. The summed E-state index contributed by atoms with van der Waals surface area (Å²) in [5.41, 5.74) is 5.55. The molecule has 1 atom stereocenters. The standard InChI is InChI=1S/C10H24N2O2S/c1-4-12(9-10(2)8-11)6-5-7-15(3,13)14/h10H,4-9,11H2,1-3H3. The average molecular weight is 236 g/mol. The second-order valence-corrected chi connectivity index (χ2v) is 6.48. The minimum absolute atomic E-state index is 0.278. The smallest absolute Gasteiger partial charge is 0.147 e. The van der Waals surface area contributed by atoms with Crippen LogP contribution in [0.4, 0.5) is 0 Å². The third-order valence-corrected chi connectivity index (χ3v) is 3.44. The van der Waals surface area contributed by atoms with Crippen molar-refractivity contribution in [2.75, 3.05) is 38.2 Å². The first-order valence-electron chi connectivity index (χ1n) is 5.49. The highest BCUT2D eigenvalue weighted by atomic mass is 32.2. The van der Waals surface area contributed by atoms with Gasteiger partial charge in [-0.3, -0.25) is 0 Å². The first-order chi connectivity index (χ1) is 6.89. The molecule has 0 saturated heterocycles. The second kappa shape index (κ2) is 7.19. The summed E-state index contributed by atoms with van der Waals surface area (Å²) in [6.45, 7) is 7.63. The molecule has 0 amide bonds. The zero-order valence-corrected chi connectivity index (χ0v) is 10.9. The van der Waals surface area contributed by atoms with Crippen LogP contribution < -0.4 is 5.73 Å². The van der Waals surface area contributed by atoms with Crippen LogP contribution in [0.1, 0.15) is 20.3 Å². The molecule has 2 N–H and O–H groups in total. The maximum Gasteiger partial charge on any atom is 0.147 e. The molecule has 0 saturated carbocycles. The Bertz CT molecular complexity index is 252. The molecule has 0 fully saturated rings. The molecule has 0 heterocycles. The fourth-order valence-electron chi connectivity index (χ4n) is 1.44. The van der Waals surface area contributed by atoms with Crippen LogP contribution in [0.3, 0.4) is 0 Å². The Labute approximate surface area is 93.7 Å². The van der Waals surface area contributed by atoms with Crippen LogP contribution >= 0.6 is 0 Å². The Morgan fingerprint density at radius 1 is 1.40 bits per heavy atom. The van der Waals surface area contributed by atoms with Gasteiger partial charge in [0.25, 0.3) is 0 Å². The van der Waals surface area contributed by atoms with Crippen LogP contribution in [-0.2, 0) is 9.84 Å². The maximum absolute atomic E-state index is 10.9. The van der Waals surface area contributed by atoms with Gasteiger partial charge in [-0.25, -0.2) is 8.42 Å².